The molecule has 0 radical (unpaired) electrons. The van der Waals surface area contributed by atoms with Crippen molar-refractivity contribution in [3.63, 3.8) is 0 Å². The average molecular weight is 271 g/mol. The Morgan fingerprint density at radius 3 is 2.78 bits per heavy atom. The molecule has 0 saturated carbocycles. The number of hydrogen-bond acceptors (Lipinski definition) is 3. The van der Waals surface area contributed by atoms with Crippen LogP contribution in [0.15, 0.2) is 24.3 Å². The van der Waals surface area contributed by atoms with E-state index in [9.17, 15) is 4.79 Å². The molecule has 0 bridgehead atoms. The summed E-state index contributed by atoms with van der Waals surface area (Å²) in [4.78, 5) is 11.9. The van der Waals surface area contributed by atoms with Gasteiger partial charge in [0, 0.05) is 11.6 Å². The van der Waals surface area contributed by atoms with Crippen molar-refractivity contribution >= 4 is 17.6 Å². The van der Waals surface area contributed by atoms with Crippen LogP contribution in [0.4, 0.5) is 0 Å². The van der Waals surface area contributed by atoms with E-state index in [0.717, 1.165) is 12.8 Å². The summed E-state index contributed by atoms with van der Waals surface area (Å²) in [5.41, 5.74) is 0.469. The van der Waals surface area contributed by atoms with Crippen molar-refractivity contribution in [2.45, 2.75) is 32.8 Å². The topological polar surface area (TPSA) is 35.5 Å². The highest BCUT2D eigenvalue weighted by molar-refractivity contribution is 6.30. The number of carbonyl (C=O) groups is 1. The van der Waals surface area contributed by atoms with Crippen LogP contribution in [0, 0.1) is 0 Å². The minimum atomic E-state index is -0.357. The molecule has 0 N–H and O–H groups in total. The Balaban J connectivity index is 2.51. The highest BCUT2D eigenvalue weighted by Crippen LogP contribution is 2.13. The van der Waals surface area contributed by atoms with Gasteiger partial charge in [0.05, 0.1) is 12.2 Å². The van der Waals surface area contributed by atoms with Crippen LogP contribution in [-0.2, 0) is 9.47 Å². The number of benzene rings is 1. The summed E-state index contributed by atoms with van der Waals surface area (Å²) in [5.74, 6) is -0.357. The van der Waals surface area contributed by atoms with Gasteiger partial charge in [0.25, 0.3) is 0 Å². The standard InChI is InChI=1S/C14H19ClO3/c1-3-8-17-10-13(4-2)18-14(16)11-6-5-7-12(15)9-11/h5-7,9,13H,3-4,8,10H2,1-2H3. The zero-order chi connectivity index (χ0) is 13.4. The number of rotatable bonds is 7. The molecule has 1 aromatic carbocycles. The molecule has 4 heteroatoms. The Morgan fingerprint density at radius 1 is 1.39 bits per heavy atom. The van der Waals surface area contributed by atoms with Crippen LogP contribution in [-0.4, -0.2) is 25.3 Å². The molecule has 18 heavy (non-hydrogen) atoms. The van der Waals surface area contributed by atoms with Gasteiger partial charge in [-0.3, -0.25) is 0 Å². The molecule has 0 amide bonds. The predicted octanol–water partition coefficient (Wildman–Crippen LogP) is 3.70. The lowest BCUT2D eigenvalue weighted by molar-refractivity contribution is -0.00526. The summed E-state index contributed by atoms with van der Waals surface area (Å²) in [7, 11) is 0. The molecule has 1 atom stereocenters. The van der Waals surface area contributed by atoms with Crippen molar-refractivity contribution in [3.8, 4) is 0 Å². The van der Waals surface area contributed by atoms with Gasteiger partial charge in [0.1, 0.15) is 6.10 Å². The van der Waals surface area contributed by atoms with Crippen LogP contribution in [0.1, 0.15) is 37.0 Å². The molecule has 0 aromatic heterocycles. The van der Waals surface area contributed by atoms with Gasteiger partial charge in [0.2, 0.25) is 0 Å². The Labute approximate surface area is 113 Å². The number of ether oxygens (including phenoxy) is 2. The maximum Gasteiger partial charge on any atom is 0.338 e. The molecule has 0 saturated heterocycles. The fourth-order valence-electron chi connectivity index (χ4n) is 1.43. The van der Waals surface area contributed by atoms with Gasteiger partial charge >= 0.3 is 5.97 Å². The second-order valence-corrected chi connectivity index (χ2v) is 4.46. The van der Waals surface area contributed by atoms with Crippen LogP contribution >= 0.6 is 11.6 Å². The van der Waals surface area contributed by atoms with Crippen LogP contribution in [0.3, 0.4) is 0 Å². The SMILES string of the molecule is CCCOCC(CC)OC(=O)c1cccc(Cl)c1. The fraction of sp³-hybridized carbons (Fsp3) is 0.500. The molecule has 0 aliphatic heterocycles. The van der Waals surface area contributed by atoms with E-state index in [-0.39, 0.29) is 12.1 Å². The number of hydrogen-bond donors (Lipinski definition) is 0. The maximum absolute atomic E-state index is 11.9. The molecule has 3 nitrogen and oxygen atoms in total. The molecule has 1 aromatic rings. The van der Waals surface area contributed by atoms with Crippen LogP contribution < -0.4 is 0 Å². The van der Waals surface area contributed by atoms with Gasteiger partial charge in [-0.1, -0.05) is 31.5 Å². The van der Waals surface area contributed by atoms with E-state index in [2.05, 4.69) is 0 Å². The largest absolute Gasteiger partial charge is 0.456 e. The predicted molar refractivity (Wildman–Crippen MR) is 72.1 cm³/mol. The first-order valence-electron chi connectivity index (χ1n) is 6.21. The van der Waals surface area contributed by atoms with E-state index in [1.165, 1.54) is 0 Å². The Morgan fingerprint density at radius 2 is 2.17 bits per heavy atom. The molecular weight excluding hydrogens is 252 g/mol. The third-order valence-corrected chi connectivity index (χ3v) is 2.68. The van der Waals surface area contributed by atoms with Crippen molar-refractivity contribution in [1.82, 2.24) is 0 Å². The average Bonchev–Trinajstić information content (AvgIpc) is 2.37. The van der Waals surface area contributed by atoms with Crippen molar-refractivity contribution in [2.75, 3.05) is 13.2 Å². The van der Waals surface area contributed by atoms with E-state index in [1.54, 1.807) is 24.3 Å². The zero-order valence-corrected chi connectivity index (χ0v) is 11.6. The second-order valence-electron chi connectivity index (χ2n) is 4.02. The minimum Gasteiger partial charge on any atom is -0.456 e. The first-order chi connectivity index (χ1) is 8.67. The zero-order valence-electron chi connectivity index (χ0n) is 10.8. The quantitative estimate of drug-likeness (QED) is 0.560. The normalized spacial score (nSPS) is 12.2. The van der Waals surface area contributed by atoms with Crippen LogP contribution in [0.5, 0.6) is 0 Å². The molecule has 0 fully saturated rings. The van der Waals surface area contributed by atoms with Crippen LogP contribution in [0.2, 0.25) is 5.02 Å². The molecule has 0 aliphatic carbocycles. The first kappa shape index (κ1) is 15.0. The van der Waals surface area contributed by atoms with Gasteiger partial charge in [0.15, 0.2) is 0 Å². The molecule has 0 spiro atoms. The van der Waals surface area contributed by atoms with Crippen molar-refractivity contribution in [2.24, 2.45) is 0 Å². The number of halogens is 1. The Bertz CT molecular complexity index is 379. The second kappa shape index (κ2) is 8.11. The summed E-state index contributed by atoms with van der Waals surface area (Å²) in [5, 5.41) is 0.528. The van der Waals surface area contributed by atoms with E-state index >= 15 is 0 Å². The lowest BCUT2D eigenvalue weighted by Crippen LogP contribution is -2.23. The van der Waals surface area contributed by atoms with Crippen molar-refractivity contribution < 1.29 is 14.3 Å². The van der Waals surface area contributed by atoms with Gasteiger partial charge in [-0.15, -0.1) is 0 Å². The summed E-state index contributed by atoms with van der Waals surface area (Å²) in [6, 6.07) is 6.74. The van der Waals surface area contributed by atoms with Gasteiger partial charge in [-0.25, -0.2) is 4.79 Å². The van der Waals surface area contributed by atoms with E-state index < -0.39 is 0 Å². The number of carbonyl (C=O) groups excluding carboxylic acids is 1. The monoisotopic (exact) mass is 270 g/mol. The maximum atomic E-state index is 11.9. The molecular formula is C14H19ClO3. The molecule has 0 heterocycles. The van der Waals surface area contributed by atoms with E-state index in [0.29, 0.717) is 23.8 Å². The molecule has 1 rings (SSSR count). The van der Waals surface area contributed by atoms with Gasteiger partial charge in [-0.2, -0.15) is 0 Å². The fourth-order valence-corrected chi connectivity index (χ4v) is 1.62. The molecule has 100 valence electrons. The van der Waals surface area contributed by atoms with Crippen molar-refractivity contribution in [1.29, 1.82) is 0 Å². The third-order valence-electron chi connectivity index (χ3n) is 2.44. The smallest absolute Gasteiger partial charge is 0.338 e. The lowest BCUT2D eigenvalue weighted by Gasteiger charge is -2.16. The first-order valence-corrected chi connectivity index (χ1v) is 6.59. The Hall–Kier alpha value is -1.06. The number of esters is 1. The van der Waals surface area contributed by atoms with Gasteiger partial charge < -0.3 is 9.47 Å². The van der Waals surface area contributed by atoms with E-state index in [4.69, 9.17) is 21.1 Å². The summed E-state index contributed by atoms with van der Waals surface area (Å²) < 4.78 is 10.8. The molecule has 1 unspecified atom stereocenters. The highest BCUT2D eigenvalue weighted by Gasteiger charge is 2.14. The summed E-state index contributed by atoms with van der Waals surface area (Å²) >= 11 is 5.83. The summed E-state index contributed by atoms with van der Waals surface area (Å²) in [6.07, 6.45) is 1.48. The van der Waals surface area contributed by atoms with E-state index in [1.807, 2.05) is 13.8 Å². The third kappa shape index (κ3) is 5.07. The summed E-state index contributed by atoms with van der Waals surface area (Å²) in [6.45, 7) is 5.13. The highest BCUT2D eigenvalue weighted by atomic mass is 35.5. The van der Waals surface area contributed by atoms with Crippen LogP contribution in [0.25, 0.3) is 0 Å². The van der Waals surface area contributed by atoms with Crippen molar-refractivity contribution in [3.05, 3.63) is 34.9 Å². The van der Waals surface area contributed by atoms with Gasteiger partial charge in [-0.05, 0) is 31.0 Å². The molecule has 0 aliphatic rings. The minimum absolute atomic E-state index is 0.206. The Kier molecular flexibility index (Phi) is 6.76. The lowest BCUT2D eigenvalue weighted by atomic mass is 10.2.